The molecule has 3 N–H and O–H groups in total. The van der Waals surface area contributed by atoms with Crippen molar-refractivity contribution >= 4 is 5.96 Å². The van der Waals surface area contributed by atoms with Crippen LogP contribution in [0.1, 0.15) is 40.2 Å². The normalized spacial score (nSPS) is 13.1. The lowest BCUT2D eigenvalue weighted by atomic mass is 9.85. The SMILES string of the molecule is CN=C(NCCNC(C)(C)C)NCC(C)(C)c1ccccc1. The molecule has 0 atom stereocenters. The summed E-state index contributed by atoms with van der Waals surface area (Å²) in [4.78, 5) is 4.29. The quantitative estimate of drug-likeness (QED) is 0.430. The van der Waals surface area contributed by atoms with Gasteiger partial charge in [-0.25, -0.2) is 0 Å². The highest BCUT2D eigenvalue weighted by Gasteiger charge is 2.20. The molecule has 1 rings (SSSR count). The zero-order valence-electron chi connectivity index (χ0n) is 15.0. The molecule has 0 radical (unpaired) electrons. The first-order valence-corrected chi connectivity index (χ1v) is 8.00. The van der Waals surface area contributed by atoms with Crippen LogP contribution >= 0.6 is 0 Å². The standard InChI is InChI=1S/C18H32N4/c1-17(2,3)22-13-12-20-16(19-6)21-14-18(4,5)15-10-8-7-9-11-15/h7-11,22H,12-14H2,1-6H3,(H2,19,20,21). The molecule has 22 heavy (non-hydrogen) atoms. The highest BCUT2D eigenvalue weighted by atomic mass is 15.2. The van der Waals surface area contributed by atoms with Gasteiger partial charge in [0.05, 0.1) is 0 Å². The average Bonchev–Trinajstić information content (AvgIpc) is 2.46. The summed E-state index contributed by atoms with van der Waals surface area (Å²) < 4.78 is 0. The lowest BCUT2D eigenvalue weighted by molar-refractivity contribution is 0.428. The van der Waals surface area contributed by atoms with Crippen LogP contribution in [0.15, 0.2) is 35.3 Å². The molecule has 4 nitrogen and oxygen atoms in total. The molecule has 1 aromatic carbocycles. The summed E-state index contributed by atoms with van der Waals surface area (Å²) in [5.41, 5.74) is 1.53. The molecule has 0 aliphatic carbocycles. The molecule has 0 saturated carbocycles. The summed E-state index contributed by atoms with van der Waals surface area (Å²) in [6.45, 7) is 13.6. The van der Waals surface area contributed by atoms with Crippen molar-refractivity contribution in [2.75, 3.05) is 26.7 Å². The van der Waals surface area contributed by atoms with Gasteiger partial charge in [0.2, 0.25) is 0 Å². The van der Waals surface area contributed by atoms with Crippen molar-refractivity contribution in [2.45, 2.75) is 45.6 Å². The number of hydrogen-bond acceptors (Lipinski definition) is 2. The van der Waals surface area contributed by atoms with Crippen LogP contribution in [0.2, 0.25) is 0 Å². The van der Waals surface area contributed by atoms with Crippen LogP contribution in [-0.2, 0) is 5.41 Å². The molecule has 0 saturated heterocycles. The van der Waals surface area contributed by atoms with Crippen LogP contribution in [0.25, 0.3) is 0 Å². The van der Waals surface area contributed by atoms with E-state index < -0.39 is 0 Å². The second-order valence-corrected chi connectivity index (χ2v) is 7.28. The monoisotopic (exact) mass is 304 g/mol. The number of hydrogen-bond donors (Lipinski definition) is 3. The van der Waals surface area contributed by atoms with Gasteiger partial charge < -0.3 is 16.0 Å². The number of nitrogens with zero attached hydrogens (tertiary/aromatic N) is 1. The lowest BCUT2D eigenvalue weighted by Gasteiger charge is -2.27. The van der Waals surface area contributed by atoms with Crippen LogP contribution in [0.3, 0.4) is 0 Å². The molecule has 124 valence electrons. The van der Waals surface area contributed by atoms with Gasteiger partial charge >= 0.3 is 0 Å². The molecule has 0 spiro atoms. The fourth-order valence-electron chi connectivity index (χ4n) is 2.14. The second kappa shape index (κ2) is 8.18. The van der Waals surface area contributed by atoms with E-state index in [2.05, 4.69) is 85.9 Å². The molecular formula is C18H32N4. The van der Waals surface area contributed by atoms with Crippen molar-refractivity contribution in [3.05, 3.63) is 35.9 Å². The highest BCUT2D eigenvalue weighted by molar-refractivity contribution is 5.79. The molecule has 4 heteroatoms. The van der Waals surface area contributed by atoms with Gasteiger partial charge in [0, 0.05) is 37.6 Å². The third-order valence-electron chi connectivity index (χ3n) is 3.55. The van der Waals surface area contributed by atoms with E-state index in [1.54, 1.807) is 0 Å². The molecule has 0 fully saturated rings. The summed E-state index contributed by atoms with van der Waals surface area (Å²) in [5.74, 6) is 0.847. The van der Waals surface area contributed by atoms with E-state index in [9.17, 15) is 0 Å². The molecule has 0 aromatic heterocycles. The number of benzene rings is 1. The van der Waals surface area contributed by atoms with Crippen molar-refractivity contribution in [3.8, 4) is 0 Å². The Morgan fingerprint density at radius 3 is 2.14 bits per heavy atom. The number of aliphatic imine (C=N–C) groups is 1. The predicted octanol–water partition coefficient (Wildman–Crippen LogP) is 2.52. The van der Waals surface area contributed by atoms with Crippen LogP contribution in [0.5, 0.6) is 0 Å². The average molecular weight is 304 g/mol. The lowest BCUT2D eigenvalue weighted by Crippen LogP contribution is -2.47. The summed E-state index contributed by atoms with van der Waals surface area (Å²) in [6.07, 6.45) is 0. The molecule has 0 unspecified atom stereocenters. The van der Waals surface area contributed by atoms with Gasteiger partial charge in [0.15, 0.2) is 5.96 Å². The maximum Gasteiger partial charge on any atom is 0.191 e. The van der Waals surface area contributed by atoms with Crippen molar-refractivity contribution < 1.29 is 0 Å². The van der Waals surface area contributed by atoms with E-state index in [1.165, 1.54) is 5.56 Å². The predicted molar refractivity (Wildman–Crippen MR) is 96.6 cm³/mol. The van der Waals surface area contributed by atoms with Gasteiger partial charge in [-0.1, -0.05) is 44.2 Å². The Hall–Kier alpha value is -1.55. The zero-order valence-corrected chi connectivity index (χ0v) is 15.0. The molecule has 1 aromatic rings. The Bertz CT molecular complexity index is 458. The minimum absolute atomic E-state index is 0.0581. The van der Waals surface area contributed by atoms with Gasteiger partial charge in [-0.2, -0.15) is 0 Å². The fourth-order valence-corrected chi connectivity index (χ4v) is 2.14. The fraction of sp³-hybridized carbons (Fsp3) is 0.611. The number of nitrogens with one attached hydrogen (secondary N) is 3. The van der Waals surface area contributed by atoms with E-state index in [0.29, 0.717) is 0 Å². The third kappa shape index (κ3) is 6.94. The molecule has 0 aliphatic rings. The molecule has 0 bridgehead atoms. The van der Waals surface area contributed by atoms with E-state index in [1.807, 2.05) is 7.05 Å². The van der Waals surface area contributed by atoms with Gasteiger partial charge in [0.25, 0.3) is 0 Å². The first-order valence-electron chi connectivity index (χ1n) is 8.00. The summed E-state index contributed by atoms with van der Waals surface area (Å²) in [6, 6.07) is 10.6. The second-order valence-electron chi connectivity index (χ2n) is 7.28. The van der Waals surface area contributed by atoms with Crippen molar-refractivity contribution in [2.24, 2.45) is 4.99 Å². The van der Waals surface area contributed by atoms with Crippen molar-refractivity contribution in [1.29, 1.82) is 0 Å². The van der Waals surface area contributed by atoms with E-state index in [-0.39, 0.29) is 11.0 Å². The Balaban J connectivity index is 2.41. The zero-order chi connectivity index (χ0) is 16.6. The molecule has 0 aliphatic heterocycles. The van der Waals surface area contributed by atoms with Crippen molar-refractivity contribution in [1.82, 2.24) is 16.0 Å². The van der Waals surface area contributed by atoms with Gasteiger partial charge in [-0.3, -0.25) is 4.99 Å². The Kier molecular flexibility index (Phi) is 6.88. The van der Waals surface area contributed by atoms with Crippen LogP contribution < -0.4 is 16.0 Å². The van der Waals surface area contributed by atoms with Crippen LogP contribution in [-0.4, -0.2) is 38.2 Å². The Labute approximate surface area is 135 Å². The molecular weight excluding hydrogens is 272 g/mol. The first-order chi connectivity index (χ1) is 10.2. The third-order valence-corrected chi connectivity index (χ3v) is 3.55. The van der Waals surface area contributed by atoms with Gasteiger partial charge in [0.1, 0.15) is 0 Å². The summed E-state index contributed by atoms with van der Waals surface area (Å²) in [7, 11) is 1.81. The Morgan fingerprint density at radius 1 is 0.955 bits per heavy atom. The minimum atomic E-state index is 0.0581. The van der Waals surface area contributed by atoms with E-state index >= 15 is 0 Å². The summed E-state index contributed by atoms with van der Waals surface area (Å²) >= 11 is 0. The highest BCUT2D eigenvalue weighted by Crippen LogP contribution is 2.21. The maximum atomic E-state index is 4.29. The number of rotatable bonds is 6. The molecule has 0 amide bonds. The molecule has 0 heterocycles. The van der Waals surface area contributed by atoms with Crippen molar-refractivity contribution in [3.63, 3.8) is 0 Å². The Morgan fingerprint density at radius 2 is 1.59 bits per heavy atom. The largest absolute Gasteiger partial charge is 0.356 e. The number of guanidine groups is 1. The summed E-state index contributed by atoms with van der Waals surface area (Å²) in [5, 5.41) is 10.2. The van der Waals surface area contributed by atoms with Crippen LogP contribution in [0.4, 0.5) is 0 Å². The maximum absolute atomic E-state index is 4.29. The van der Waals surface area contributed by atoms with E-state index in [0.717, 1.165) is 25.6 Å². The smallest absolute Gasteiger partial charge is 0.191 e. The van der Waals surface area contributed by atoms with Gasteiger partial charge in [-0.15, -0.1) is 0 Å². The first kappa shape index (κ1) is 18.5. The van der Waals surface area contributed by atoms with E-state index in [4.69, 9.17) is 0 Å². The minimum Gasteiger partial charge on any atom is -0.356 e. The topological polar surface area (TPSA) is 48.5 Å². The van der Waals surface area contributed by atoms with Crippen LogP contribution in [0, 0.1) is 0 Å². The van der Waals surface area contributed by atoms with Gasteiger partial charge in [-0.05, 0) is 26.3 Å².